The van der Waals surface area contributed by atoms with Gasteiger partial charge in [0, 0.05) is 12.4 Å². The molecule has 1 aromatic rings. The summed E-state index contributed by atoms with van der Waals surface area (Å²) in [4.78, 5) is 25.9. The molecule has 15 heavy (non-hydrogen) atoms. The van der Waals surface area contributed by atoms with E-state index in [0.29, 0.717) is 0 Å². The van der Waals surface area contributed by atoms with Gasteiger partial charge in [0.15, 0.2) is 0 Å². The van der Waals surface area contributed by atoms with Gasteiger partial charge < -0.3 is 20.7 Å². The van der Waals surface area contributed by atoms with Crippen molar-refractivity contribution in [1.82, 2.24) is 9.97 Å². The summed E-state index contributed by atoms with van der Waals surface area (Å²) in [5, 5.41) is 16.7. The Morgan fingerprint density at radius 2 is 1.67 bits per heavy atom. The van der Waals surface area contributed by atoms with Crippen molar-refractivity contribution in [1.29, 1.82) is 0 Å². The summed E-state index contributed by atoms with van der Waals surface area (Å²) < 4.78 is 0. The molecule has 0 aliphatic heterocycles. The first-order chi connectivity index (χ1) is 6.04. The van der Waals surface area contributed by atoms with Crippen molar-refractivity contribution in [3.05, 3.63) is 24.3 Å². The van der Waals surface area contributed by atoms with Gasteiger partial charge >= 0.3 is 138 Å². The third-order valence-corrected chi connectivity index (χ3v) is 0.816. The van der Waals surface area contributed by atoms with Gasteiger partial charge in [-0.05, 0) is 6.16 Å². The SMILES string of the molecule is NC(=O)c1cnccn1.O=C([O-])[O-].[Cs+].[Cs+]. The zero-order chi connectivity index (χ0) is 10.3. The molecule has 0 aromatic carbocycles. The summed E-state index contributed by atoms with van der Waals surface area (Å²) in [7, 11) is 0. The Morgan fingerprint density at radius 1 is 1.20 bits per heavy atom. The third kappa shape index (κ3) is 15.9. The largest absolute Gasteiger partial charge is 1.00 e. The molecule has 0 atom stereocenters. The van der Waals surface area contributed by atoms with Crippen LogP contribution in [-0.2, 0) is 0 Å². The maximum atomic E-state index is 10.3. The molecule has 0 unspecified atom stereocenters. The Hall–Kier alpha value is 1.92. The summed E-state index contributed by atoms with van der Waals surface area (Å²) in [6, 6.07) is 0. The molecule has 0 aliphatic rings. The molecule has 7 nitrogen and oxygen atoms in total. The topological polar surface area (TPSA) is 132 Å². The number of hydrogen-bond acceptors (Lipinski definition) is 6. The van der Waals surface area contributed by atoms with Crippen molar-refractivity contribution in [2.75, 3.05) is 0 Å². The fraction of sp³-hybridized carbons (Fsp3) is 0. The van der Waals surface area contributed by atoms with E-state index < -0.39 is 12.1 Å². The van der Waals surface area contributed by atoms with E-state index in [1.807, 2.05) is 0 Å². The van der Waals surface area contributed by atoms with E-state index in [1.165, 1.54) is 18.6 Å². The molecule has 70 valence electrons. The predicted octanol–water partition coefficient (Wildman–Crippen LogP) is -8.86. The van der Waals surface area contributed by atoms with Gasteiger partial charge in [0.2, 0.25) is 0 Å². The molecule has 0 fully saturated rings. The number of carbonyl (C=O) groups is 2. The second kappa shape index (κ2) is 14.0. The second-order valence-corrected chi connectivity index (χ2v) is 1.70. The van der Waals surface area contributed by atoms with Crippen molar-refractivity contribution < 1.29 is 158 Å². The number of carbonyl (C=O) groups excluding carboxylic acids is 2. The van der Waals surface area contributed by atoms with Crippen molar-refractivity contribution in [2.24, 2.45) is 5.73 Å². The van der Waals surface area contributed by atoms with Gasteiger partial charge in [-0.3, -0.25) is 9.78 Å². The molecule has 1 heterocycles. The van der Waals surface area contributed by atoms with E-state index in [9.17, 15) is 4.79 Å². The van der Waals surface area contributed by atoms with Gasteiger partial charge in [-0.15, -0.1) is 0 Å². The van der Waals surface area contributed by atoms with E-state index in [0.717, 1.165) is 0 Å². The number of amides is 1. The Kier molecular flexibility index (Phi) is 20.6. The van der Waals surface area contributed by atoms with Crippen LogP contribution in [-0.4, -0.2) is 22.0 Å². The quantitative estimate of drug-likeness (QED) is 0.453. The van der Waals surface area contributed by atoms with Crippen LogP contribution in [0.4, 0.5) is 4.79 Å². The monoisotopic (exact) mass is 449 g/mol. The van der Waals surface area contributed by atoms with E-state index >= 15 is 0 Å². The Labute approximate surface area is 203 Å². The predicted molar refractivity (Wildman–Crippen MR) is 35.9 cm³/mol. The van der Waals surface area contributed by atoms with Crippen LogP contribution in [0.2, 0.25) is 0 Å². The second-order valence-electron chi connectivity index (χ2n) is 1.70. The number of rotatable bonds is 1. The Bertz CT molecular complexity index is 292. The van der Waals surface area contributed by atoms with Gasteiger partial charge in [-0.2, -0.15) is 0 Å². The Morgan fingerprint density at radius 3 is 1.87 bits per heavy atom. The van der Waals surface area contributed by atoms with Crippen molar-refractivity contribution in [2.45, 2.75) is 0 Å². The minimum Gasteiger partial charge on any atom is -0.652 e. The van der Waals surface area contributed by atoms with E-state index in [-0.39, 0.29) is 143 Å². The fourth-order valence-electron chi connectivity index (χ4n) is 0.426. The molecule has 0 radical (unpaired) electrons. The van der Waals surface area contributed by atoms with Gasteiger partial charge in [0.1, 0.15) is 5.69 Å². The van der Waals surface area contributed by atoms with Crippen LogP contribution in [0.25, 0.3) is 0 Å². The van der Waals surface area contributed by atoms with E-state index in [4.69, 9.17) is 20.7 Å². The molecule has 0 saturated heterocycles. The van der Waals surface area contributed by atoms with Gasteiger partial charge in [-0.25, -0.2) is 4.98 Å². The number of aromatic nitrogens is 2. The van der Waals surface area contributed by atoms with Crippen LogP contribution in [0.3, 0.4) is 0 Å². The average molecular weight is 449 g/mol. The number of nitrogens with two attached hydrogens (primary N) is 1. The van der Waals surface area contributed by atoms with Gasteiger partial charge in [-0.1, -0.05) is 0 Å². The van der Waals surface area contributed by atoms with Crippen LogP contribution in [0.15, 0.2) is 18.6 Å². The summed E-state index contributed by atoms with van der Waals surface area (Å²) in [5.74, 6) is -0.553. The summed E-state index contributed by atoms with van der Waals surface area (Å²) >= 11 is 0. The molecule has 0 saturated carbocycles. The number of primary amides is 1. The van der Waals surface area contributed by atoms with E-state index in [1.54, 1.807) is 0 Å². The summed E-state index contributed by atoms with van der Waals surface area (Å²) in [5.41, 5.74) is 5.06. The van der Waals surface area contributed by atoms with Crippen LogP contribution in [0.1, 0.15) is 10.5 Å². The average Bonchev–Trinajstić information content (AvgIpc) is 2.05. The van der Waals surface area contributed by atoms with Crippen LogP contribution in [0.5, 0.6) is 0 Å². The summed E-state index contributed by atoms with van der Waals surface area (Å²) in [6.07, 6.45) is 1.88. The zero-order valence-corrected chi connectivity index (χ0v) is 20.9. The van der Waals surface area contributed by atoms with Gasteiger partial charge in [0.25, 0.3) is 5.91 Å². The van der Waals surface area contributed by atoms with Crippen molar-refractivity contribution >= 4 is 12.1 Å². The number of hydrogen-bond donors (Lipinski definition) is 1. The molecular weight excluding hydrogens is 444 g/mol. The van der Waals surface area contributed by atoms with Crippen LogP contribution in [0, 0.1) is 0 Å². The first-order valence-electron chi connectivity index (χ1n) is 2.98. The molecule has 1 rings (SSSR count). The van der Waals surface area contributed by atoms with Crippen LogP contribution >= 0.6 is 0 Å². The minimum absolute atomic E-state index is 0. The number of nitrogens with zero attached hydrogens (tertiary/aromatic N) is 2. The fourth-order valence-corrected chi connectivity index (χ4v) is 0.426. The van der Waals surface area contributed by atoms with Crippen LogP contribution < -0.4 is 154 Å². The molecule has 1 amide bonds. The van der Waals surface area contributed by atoms with Crippen molar-refractivity contribution in [3.63, 3.8) is 0 Å². The number of carboxylic acid groups (broad SMARTS) is 2. The molecule has 2 N–H and O–H groups in total. The maximum Gasteiger partial charge on any atom is 1.00 e. The molecule has 9 heteroatoms. The molecule has 0 aliphatic carbocycles. The van der Waals surface area contributed by atoms with E-state index in [2.05, 4.69) is 9.97 Å². The van der Waals surface area contributed by atoms with Crippen molar-refractivity contribution in [3.8, 4) is 0 Å². The van der Waals surface area contributed by atoms with Gasteiger partial charge in [0.05, 0.1) is 6.20 Å². The maximum absolute atomic E-state index is 10.3. The summed E-state index contributed by atoms with van der Waals surface area (Å²) in [6.45, 7) is 0. The molecular formula is C6H5Cs2N3O4. The first kappa shape index (κ1) is 22.1. The first-order valence-corrected chi connectivity index (χ1v) is 2.98. The smallest absolute Gasteiger partial charge is 0.652 e. The molecule has 0 spiro atoms. The standard InChI is InChI=1S/C5H5N3O.CH2O3.2Cs/c6-5(9)4-3-7-1-2-8-4;2-1(3)4;;/h1-3H,(H2,6,9);(H2,2,3,4);;/q;;2*+1/p-2. The minimum atomic E-state index is -2.33. The Balaban J connectivity index is -0.000000213. The molecule has 0 bridgehead atoms. The third-order valence-electron chi connectivity index (χ3n) is 0.816. The molecule has 1 aromatic heterocycles. The normalized spacial score (nSPS) is 6.93. The zero-order valence-electron chi connectivity index (χ0n) is 8.34.